The van der Waals surface area contributed by atoms with Gasteiger partial charge in [0.25, 0.3) is 0 Å². The molecule has 0 radical (unpaired) electrons. The maximum Gasteiger partial charge on any atom is 0.127 e. The van der Waals surface area contributed by atoms with Crippen LogP contribution in [0.4, 0.5) is 0 Å². The molecule has 1 aromatic rings. The lowest BCUT2D eigenvalue weighted by atomic mass is 10.3. The maximum absolute atomic E-state index is 5.25. The molecule has 0 unspecified atom stereocenters. The minimum atomic E-state index is 0.566. The van der Waals surface area contributed by atoms with Crippen LogP contribution >= 0.6 is 0 Å². The van der Waals surface area contributed by atoms with Gasteiger partial charge in [-0.2, -0.15) is 0 Å². The van der Waals surface area contributed by atoms with Crippen LogP contribution in [0.5, 0.6) is 5.75 Å². The van der Waals surface area contributed by atoms with Crippen LogP contribution in [0.3, 0.4) is 0 Å². The van der Waals surface area contributed by atoms with Crippen LogP contribution in [-0.4, -0.2) is 0 Å². The summed E-state index contributed by atoms with van der Waals surface area (Å²) in [5, 5.41) is 0. The molecule has 0 N–H and O–H groups in total. The van der Waals surface area contributed by atoms with Crippen molar-refractivity contribution in [3.05, 3.63) is 55.3 Å². The molecule has 1 heteroatoms. The van der Waals surface area contributed by atoms with Crippen molar-refractivity contribution >= 4 is 0 Å². The third-order valence-electron chi connectivity index (χ3n) is 1.22. The minimum absolute atomic E-state index is 0.566. The smallest absolute Gasteiger partial charge is 0.127 e. The van der Waals surface area contributed by atoms with Crippen molar-refractivity contribution in [2.75, 3.05) is 0 Å². The molecule has 56 valence electrons. The van der Waals surface area contributed by atoms with E-state index in [0.29, 0.717) is 5.76 Å². The molecule has 1 nitrogen and oxygen atoms in total. The first-order valence-electron chi connectivity index (χ1n) is 3.37. The van der Waals surface area contributed by atoms with Crippen LogP contribution in [-0.2, 0) is 0 Å². The maximum atomic E-state index is 5.25. The van der Waals surface area contributed by atoms with E-state index in [1.165, 1.54) is 0 Å². The largest absolute Gasteiger partial charge is 0.458 e. The van der Waals surface area contributed by atoms with Crippen molar-refractivity contribution in [1.29, 1.82) is 0 Å². The number of para-hydroxylation sites is 1. The molecule has 0 atom stereocenters. The zero-order valence-corrected chi connectivity index (χ0v) is 6.29. The van der Waals surface area contributed by atoms with E-state index in [0.717, 1.165) is 5.75 Å². The van der Waals surface area contributed by atoms with Crippen molar-refractivity contribution in [3.63, 3.8) is 0 Å². The monoisotopic (exact) mass is 146 g/mol. The van der Waals surface area contributed by atoms with Crippen molar-refractivity contribution in [2.45, 2.75) is 0 Å². The van der Waals surface area contributed by atoms with Gasteiger partial charge in [0, 0.05) is 0 Å². The summed E-state index contributed by atoms with van der Waals surface area (Å²) in [6.07, 6.45) is 1.58. The van der Waals surface area contributed by atoms with Crippen LogP contribution < -0.4 is 4.74 Å². The highest BCUT2D eigenvalue weighted by Crippen LogP contribution is 2.11. The summed E-state index contributed by atoms with van der Waals surface area (Å²) in [6.45, 7) is 7.16. The number of hydrogen-bond acceptors (Lipinski definition) is 1. The van der Waals surface area contributed by atoms with Crippen LogP contribution in [0.2, 0.25) is 0 Å². The van der Waals surface area contributed by atoms with E-state index in [2.05, 4.69) is 13.2 Å². The molecule has 0 aliphatic rings. The molecule has 0 bridgehead atoms. The second-order valence-corrected chi connectivity index (χ2v) is 2.09. The Bertz CT molecular complexity index is 249. The zero-order valence-electron chi connectivity index (χ0n) is 6.29. The van der Waals surface area contributed by atoms with Gasteiger partial charge >= 0.3 is 0 Å². The SMILES string of the molecule is C=CC(=C)Oc1ccccc1. The summed E-state index contributed by atoms with van der Waals surface area (Å²) < 4.78 is 5.25. The van der Waals surface area contributed by atoms with E-state index in [1.807, 2.05) is 30.3 Å². The van der Waals surface area contributed by atoms with Gasteiger partial charge in [-0.15, -0.1) is 0 Å². The summed E-state index contributed by atoms with van der Waals surface area (Å²) in [7, 11) is 0. The lowest BCUT2D eigenvalue weighted by molar-refractivity contribution is 0.447. The molecular formula is C10H10O. The van der Waals surface area contributed by atoms with E-state index in [1.54, 1.807) is 6.08 Å². The third kappa shape index (κ3) is 2.30. The van der Waals surface area contributed by atoms with Gasteiger partial charge in [-0.05, 0) is 18.2 Å². The number of ether oxygens (including phenoxy) is 1. The number of rotatable bonds is 3. The van der Waals surface area contributed by atoms with Crippen molar-refractivity contribution < 1.29 is 4.74 Å². The lowest BCUT2D eigenvalue weighted by Gasteiger charge is -2.02. The van der Waals surface area contributed by atoms with E-state index in [4.69, 9.17) is 4.74 Å². The molecule has 0 saturated carbocycles. The lowest BCUT2D eigenvalue weighted by Crippen LogP contribution is -1.88. The Morgan fingerprint density at radius 2 is 1.91 bits per heavy atom. The number of allylic oxidation sites excluding steroid dienone is 1. The van der Waals surface area contributed by atoms with Crippen LogP contribution in [0.15, 0.2) is 55.3 Å². The highest BCUT2D eigenvalue weighted by Gasteiger charge is 1.90. The molecule has 0 aromatic heterocycles. The van der Waals surface area contributed by atoms with Gasteiger partial charge in [0.05, 0.1) is 0 Å². The third-order valence-corrected chi connectivity index (χ3v) is 1.22. The highest BCUT2D eigenvalue weighted by molar-refractivity contribution is 5.24. The summed E-state index contributed by atoms with van der Waals surface area (Å²) in [5.74, 6) is 1.36. The summed E-state index contributed by atoms with van der Waals surface area (Å²) in [5.41, 5.74) is 0. The van der Waals surface area contributed by atoms with Crippen molar-refractivity contribution in [3.8, 4) is 5.75 Å². The van der Waals surface area contributed by atoms with Gasteiger partial charge in [-0.25, -0.2) is 0 Å². The van der Waals surface area contributed by atoms with Crippen molar-refractivity contribution in [2.24, 2.45) is 0 Å². The van der Waals surface area contributed by atoms with Gasteiger partial charge in [0.1, 0.15) is 11.5 Å². The fraction of sp³-hybridized carbons (Fsp3) is 0. The summed E-state index contributed by atoms with van der Waals surface area (Å²) >= 11 is 0. The Balaban J connectivity index is 2.65. The molecule has 1 aromatic carbocycles. The molecule has 0 amide bonds. The van der Waals surface area contributed by atoms with E-state index in [-0.39, 0.29) is 0 Å². The topological polar surface area (TPSA) is 9.23 Å². The predicted molar refractivity (Wildman–Crippen MR) is 46.4 cm³/mol. The Labute approximate surface area is 66.6 Å². The molecule has 11 heavy (non-hydrogen) atoms. The average Bonchev–Trinajstić information content (AvgIpc) is 2.06. The first-order valence-corrected chi connectivity index (χ1v) is 3.37. The molecule has 0 aliphatic carbocycles. The van der Waals surface area contributed by atoms with Gasteiger partial charge in [0.15, 0.2) is 0 Å². The standard InChI is InChI=1S/C10H10O/c1-3-9(2)11-10-7-5-4-6-8-10/h3-8H,1-2H2. The number of hydrogen-bond donors (Lipinski definition) is 0. The molecule has 0 aliphatic heterocycles. The van der Waals surface area contributed by atoms with Crippen LogP contribution in [0.25, 0.3) is 0 Å². The highest BCUT2D eigenvalue weighted by atomic mass is 16.5. The normalized spacial score (nSPS) is 8.73. The molecule has 0 heterocycles. The molecule has 0 fully saturated rings. The van der Waals surface area contributed by atoms with Crippen LogP contribution in [0.1, 0.15) is 0 Å². The van der Waals surface area contributed by atoms with E-state index < -0.39 is 0 Å². The molecular weight excluding hydrogens is 136 g/mol. The predicted octanol–water partition coefficient (Wildman–Crippen LogP) is 2.77. The first kappa shape index (κ1) is 7.61. The van der Waals surface area contributed by atoms with Gasteiger partial charge in [-0.1, -0.05) is 31.4 Å². The van der Waals surface area contributed by atoms with Gasteiger partial charge in [0.2, 0.25) is 0 Å². The molecule has 0 saturated heterocycles. The Kier molecular flexibility index (Phi) is 2.50. The Hall–Kier alpha value is -1.50. The fourth-order valence-electron chi connectivity index (χ4n) is 0.682. The second kappa shape index (κ2) is 3.62. The fourth-order valence-corrected chi connectivity index (χ4v) is 0.682. The van der Waals surface area contributed by atoms with E-state index >= 15 is 0 Å². The van der Waals surface area contributed by atoms with Crippen LogP contribution in [0, 0.1) is 0 Å². The van der Waals surface area contributed by atoms with E-state index in [9.17, 15) is 0 Å². The first-order chi connectivity index (χ1) is 5.33. The summed E-state index contributed by atoms with van der Waals surface area (Å²) in [4.78, 5) is 0. The van der Waals surface area contributed by atoms with Crippen molar-refractivity contribution in [1.82, 2.24) is 0 Å². The zero-order chi connectivity index (χ0) is 8.10. The average molecular weight is 146 g/mol. The second-order valence-electron chi connectivity index (χ2n) is 2.09. The molecule has 0 spiro atoms. The number of benzene rings is 1. The quantitative estimate of drug-likeness (QED) is 0.470. The summed E-state index contributed by atoms with van der Waals surface area (Å²) in [6, 6.07) is 9.49. The van der Waals surface area contributed by atoms with Gasteiger partial charge < -0.3 is 4.74 Å². The van der Waals surface area contributed by atoms with Gasteiger partial charge in [-0.3, -0.25) is 0 Å². The Morgan fingerprint density at radius 3 is 2.45 bits per heavy atom. The molecule has 1 rings (SSSR count). The minimum Gasteiger partial charge on any atom is -0.458 e. The Morgan fingerprint density at radius 1 is 1.27 bits per heavy atom.